The lowest BCUT2D eigenvalue weighted by molar-refractivity contribution is 0.513. The second kappa shape index (κ2) is 6.86. The Morgan fingerprint density at radius 3 is 2.85 bits per heavy atom. The summed E-state index contributed by atoms with van der Waals surface area (Å²) in [4.78, 5) is 4.53. The number of pyridine rings is 1. The Bertz CT molecular complexity index is 565. The molecule has 2 aromatic rings. The van der Waals surface area contributed by atoms with E-state index in [2.05, 4.69) is 42.2 Å². The molecule has 0 bridgehead atoms. The van der Waals surface area contributed by atoms with Crippen LogP contribution in [0, 0.1) is 6.92 Å². The molecule has 0 saturated carbocycles. The Labute approximate surface area is 125 Å². The molecule has 0 aromatic carbocycles. The zero-order chi connectivity index (χ0) is 14.5. The van der Waals surface area contributed by atoms with Crippen molar-refractivity contribution in [1.29, 1.82) is 0 Å². The molecule has 2 aromatic heterocycles. The highest BCUT2D eigenvalue weighted by atomic mass is 35.5. The third kappa shape index (κ3) is 3.02. The largest absolute Gasteiger partial charge is 0.304 e. The number of hydrogen-bond acceptors (Lipinski definition) is 3. The van der Waals surface area contributed by atoms with E-state index < -0.39 is 0 Å². The van der Waals surface area contributed by atoms with Gasteiger partial charge in [-0.3, -0.25) is 9.67 Å². The first-order chi connectivity index (χ1) is 9.69. The average molecular weight is 293 g/mol. The van der Waals surface area contributed by atoms with E-state index in [9.17, 15) is 0 Å². The molecular formula is C15H21ClN4. The zero-order valence-corrected chi connectivity index (χ0v) is 13.0. The van der Waals surface area contributed by atoms with Crippen molar-refractivity contribution < 1.29 is 0 Å². The summed E-state index contributed by atoms with van der Waals surface area (Å²) in [6.45, 7) is 7.98. The van der Waals surface area contributed by atoms with Crippen LogP contribution in [-0.2, 0) is 6.54 Å². The SMILES string of the molecule is CCCn1ncc(Cl)c1C(NCC)c1ncccc1C. The van der Waals surface area contributed by atoms with Crippen LogP contribution in [0.4, 0.5) is 0 Å². The van der Waals surface area contributed by atoms with Gasteiger partial charge in [-0.15, -0.1) is 0 Å². The van der Waals surface area contributed by atoms with Crippen LogP contribution in [-0.4, -0.2) is 21.3 Å². The number of aromatic nitrogens is 3. The minimum Gasteiger partial charge on any atom is -0.304 e. The zero-order valence-electron chi connectivity index (χ0n) is 12.2. The standard InChI is InChI=1S/C15H21ClN4/c1-4-9-20-15(12(16)10-19-20)14(17-5-2)13-11(3)7-6-8-18-13/h6-8,10,14,17H,4-5,9H2,1-3H3. The fourth-order valence-electron chi connectivity index (χ4n) is 2.38. The maximum Gasteiger partial charge on any atom is 0.0939 e. The number of nitrogens with one attached hydrogen (secondary N) is 1. The van der Waals surface area contributed by atoms with Crippen LogP contribution in [0.5, 0.6) is 0 Å². The first kappa shape index (κ1) is 15.0. The fourth-order valence-corrected chi connectivity index (χ4v) is 2.63. The molecule has 4 nitrogen and oxygen atoms in total. The van der Waals surface area contributed by atoms with Crippen LogP contribution in [0.2, 0.25) is 5.02 Å². The average Bonchev–Trinajstić information content (AvgIpc) is 2.79. The summed E-state index contributed by atoms with van der Waals surface area (Å²) in [6.07, 6.45) is 4.56. The minimum atomic E-state index is -0.0252. The lowest BCUT2D eigenvalue weighted by atomic mass is 10.0. The molecule has 0 aliphatic carbocycles. The Hall–Kier alpha value is -1.39. The predicted molar refractivity (Wildman–Crippen MR) is 82.0 cm³/mol. The normalized spacial score (nSPS) is 12.6. The van der Waals surface area contributed by atoms with Gasteiger partial charge in [0.15, 0.2) is 0 Å². The summed E-state index contributed by atoms with van der Waals surface area (Å²) in [7, 11) is 0. The Balaban J connectivity index is 2.49. The first-order valence-corrected chi connectivity index (χ1v) is 7.42. The summed E-state index contributed by atoms with van der Waals surface area (Å²) in [5.74, 6) is 0. The van der Waals surface area contributed by atoms with E-state index in [0.29, 0.717) is 5.02 Å². The highest BCUT2D eigenvalue weighted by Crippen LogP contribution is 2.29. The first-order valence-electron chi connectivity index (χ1n) is 7.05. The van der Waals surface area contributed by atoms with Gasteiger partial charge in [0.1, 0.15) is 0 Å². The second-order valence-electron chi connectivity index (χ2n) is 4.80. The van der Waals surface area contributed by atoms with Crippen LogP contribution in [0.1, 0.15) is 43.3 Å². The number of halogens is 1. The van der Waals surface area contributed by atoms with Gasteiger partial charge in [-0.2, -0.15) is 5.10 Å². The van der Waals surface area contributed by atoms with Crippen molar-refractivity contribution in [2.45, 2.75) is 39.8 Å². The van der Waals surface area contributed by atoms with Gasteiger partial charge in [0.25, 0.3) is 0 Å². The molecule has 0 aliphatic rings. The van der Waals surface area contributed by atoms with E-state index in [0.717, 1.165) is 36.5 Å². The van der Waals surface area contributed by atoms with Crippen LogP contribution in [0.15, 0.2) is 24.5 Å². The predicted octanol–water partition coefficient (Wildman–Crippen LogP) is 3.35. The lowest BCUT2D eigenvalue weighted by Crippen LogP contribution is -2.26. The van der Waals surface area contributed by atoms with Gasteiger partial charge >= 0.3 is 0 Å². The van der Waals surface area contributed by atoms with Crippen molar-refractivity contribution in [1.82, 2.24) is 20.1 Å². The summed E-state index contributed by atoms with van der Waals surface area (Å²) in [6, 6.07) is 4.00. The van der Waals surface area contributed by atoms with Gasteiger partial charge in [-0.1, -0.05) is 31.5 Å². The van der Waals surface area contributed by atoms with Crippen molar-refractivity contribution in [3.05, 3.63) is 46.5 Å². The van der Waals surface area contributed by atoms with Gasteiger partial charge in [0.2, 0.25) is 0 Å². The number of hydrogen-bond donors (Lipinski definition) is 1. The molecule has 108 valence electrons. The molecule has 0 fully saturated rings. The third-order valence-corrected chi connectivity index (χ3v) is 3.56. The molecule has 1 unspecified atom stereocenters. The van der Waals surface area contributed by atoms with E-state index in [4.69, 9.17) is 11.6 Å². The molecule has 1 N–H and O–H groups in total. The Morgan fingerprint density at radius 1 is 1.40 bits per heavy atom. The van der Waals surface area contributed by atoms with Crippen LogP contribution >= 0.6 is 11.6 Å². The Morgan fingerprint density at radius 2 is 2.20 bits per heavy atom. The summed E-state index contributed by atoms with van der Waals surface area (Å²) in [5.41, 5.74) is 3.16. The Kier molecular flexibility index (Phi) is 5.15. The molecular weight excluding hydrogens is 272 g/mol. The quantitative estimate of drug-likeness (QED) is 0.888. The maximum absolute atomic E-state index is 6.36. The van der Waals surface area contributed by atoms with Gasteiger partial charge in [-0.25, -0.2) is 0 Å². The van der Waals surface area contributed by atoms with Gasteiger partial charge < -0.3 is 5.32 Å². The van der Waals surface area contributed by atoms with E-state index in [1.165, 1.54) is 0 Å². The van der Waals surface area contributed by atoms with Gasteiger partial charge in [-0.05, 0) is 31.5 Å². The molecule has 0 saturated heterocycles. The number of nitrogens with zero attached hydrogens (tertiary/aromatic N) is 3. The molecule has 0 aliphatic heterocycles. The van der Waals surface area contributed by atoms with Crippen LogP contribution in [0.3, 0.4) is 0 Å². The third-order valence-electron chi connectivity index (χ3n) is 3.27. The molecule has 0 radical (unpaired) electrons. The van der Waals surface area contributed by atoms with E-state index in [1.807, 2.05) is 16.9 Å². The van der Waals surface area contributed by atoms with Crippen molar-refractivity contribution in [3.8, 4) is 0 Å². The molecule has 2 rings (SSSR count). The van der Waals surface area contributed by atoms with Gasteiger partial charge in [0, 0.05) is 12.7 Å². The van der Waals surface area contributed by atoms with Crippen LogP contribution < -0.4 is 5.32 Å². The number of aryl methyl sites for hydroxylation is 2. The molecule has 5 heteroatoms. The molecule has 0 spiro atoms. The second-order valence-corrected chi connectivity index (χ2v) is 5.20. The number of rotatable bonds is 6. The highest BCUT2D eigenvalue weighted by molar-refractivity contribution is 6.31. The fraction of sp³-hybridized carbons (Fsp3) is 0.467. The van der Waals surface area contributed by atoms with E-state index >= 15 is 0 Å². The maximum atomic E-state index is 6.36. The minimum absolute atomic E-state index is 0.0252. The summed E-state index contributed by atoms with van der Waals surface area (Å²) in [5, 5.41) is 8.54. The van der Waals surface area contributed by atoms with Crippen molar-refractivity contribution in [3.63, 3.8) is 0 Å². The highest BCUT2D eigenvalue weighted by Gasteiger charge is 2.23. The van der Waals surface area contributed by atoms with E-state index in [1.54, 1.807) is 6.20 Å². The molecule has 20 heavy (non-hydrogen) atoms. The summed E-state index contributed by atoms with van der Waals surface area (Å²) < 4.78 is 1.98. The lowest BCUT2D eigenvalue weighted by Gasteiger charge is -2.21. The van der Waals surface area contributed by atoms with Gasteiger partial charge in [0.05, 0.1) is 28.6 Å². The topological polar surface area (TPSA) is 42.7 Å². The molecule has 1 atom stereocenters. The summed E-state index contributed by atoms with van der Waals surface area (Å²) >= 11 is 6.36. The van der Waals surface area contributed by atoms with Crippen molar-refractivity contribution >= 4 is 11.6 Å². The van der Waals surface area contributed by atoms with Crippen LogP contribution in [0.25, 0.3) is 0 Å². The monoisotopic (exact) mass is 292 g/mol. The van der Waals surface area contributed by atoms with E-state index in [-0.39, 0.29) is 6.04 Å². The van der Waals surface area contributed by atoms with Crippen molar-refractivity contribution in [2.75, 3.05) is 6.54 Å². The molecule has 2 heterocycles. The van der Waals surface area contributed by atoms with Crippen molar-refractivity contribution in [2.24, 2.45) is 0 Å². The molecule has 0 amide bonds. The smallest absolute Gasteiger partial charge is 0.0939 e.